The van der Waals surface area contributed by atoms with Crippen LogP contribution in [0.15, 0.2) is 24.3 Å². The maximum atomic E-state index is 13.5. The summed E-state index contributed by atoms with van der Waals surface area (Å²) in [6, 6.07) is 2.12. The van der Waals surface area contributed by atoms with Gasteiger partial charge in [0.05, 0.1) is 19.2 Å². The van der Waals surface area contributed by atoms with E-state index in [4.69, 9.17) is 11.5 Å². The van der Waals surface area contributed by atoms with Crippen molar-refractivity contribution in [3.63, 3.8) is 0 Å². The van der Waals surface area contributed by atoms with E-state index in [0.717, 1.165) is 0 Å². The molecule has 0 aromatic heterocycles. The van der Waals surface area contributed by atoms with Gasteiger partial charge in [-0.05, 0) is 37.5 Å². The van der Waals surface area contributed by atoms with Crippen LogP contribution in [0.1, 0.15) is 31.7 Å². The molecule has 1 aromatic carbocycles. The largest absolute Gasteiger partial charge is 0.508 e. The molecule has 2 saturated heterocycles. The highest BCUT2D eigenvalue weighted by atomic mass is 16.3. The van der Waals surface area contributed by atoms with Crippen molar-refractivity contribution >= 4 is 35.4 Å². The molecular formula is C26H37N7O8. The number of rotatable bonds is 11. The minimum atomic E-state index is -1.06. The maximum absolute atomic E-state index is 13.5. The Morgan fingerprint density at radius 2 is 1.73 bits per heavy atom. The van der Waals surface area contributed by atoms with Crippen molar-refractivity contribution in [1.82, 2.24) is 25.8 Å². The van der Waals surface area contributed by atoms with E-state index in [1.807, 2.05) is 0 Å². The molecule has 5 atom stereocenters. The van der Waals surface area contributed by atoms with Gasteiger partial charge < -0.3 is 47.4 Å². The minimum Gasteiger partial charge on any atom is -0.508 e. The first-order valence-corrected chi connectivity index (χ1v) is 13.3. The van der Waals surface area contributed by atoms with Crippen molar-refractivity contribution < 1.29 is 39.0 Å². The Kier molecular flexibility index (Phi) is 10.6. The Balaban J connectivity index is 1.63. The van der Waals surface area contributed by atoms with Gasteiger partial charge in [0.25, 0.3) is 0 Å². The number of amides is 6. The van der Waals surface area contributed by atoms with Crippen LogP contribution in [0.2, 0.25) is 0 Å². The van der Waals surface area contributed by atoms with E-state index < -0.39 is 72.3 Å². The summed E-state index contributed by atoms with van der Waals surface area (Å²) in [5, 5.41) is 27.1. The molecule has 0 radical (unpaired) electrons. The number of β-amino-alcohol motifs (C(OH)–C–C–N with tert-alkyl or cyclic N) is 1. The number of phenols is 1. The number of hydrogen-bond acceptors (Lipinski definition) is 9. The number of aliphatic hydroxyl groups excluding tert-OH is 1. The van der Waals surface area contributed by atoms with Gasteiger partial charge in [-0.15, -0.1) is 0 Å². The van der Waals surface area contributed by atoms with E-state index in [0.29, 0.717) is 18.4 Å². The fraction of sp³-hybridized carbons (Fsp3) is 0.538. The second-order valence-corrected chi connectivity index (χ2v) is 10.2. The summed E-state index contributed by atoms with van der Waals surface area (Å²) in [7, 11) is 0. The number of aromatic hydroxyl groups is 1. The molecule has 6 amide bonds. The molecule has 9 N–H and O–H groups in total. The summed E-state index contributed by atoms with van der Waals surface area (Å²) in [6.45, 7) is 0.750. The minimum absolute atomic E-state index is 0.0446. The molecule has 2 fully saturated rings. The number of likely N-dealkylation sites (tertiary alicyclic amines) is 2. The molecule has 41 heavy (non-hydrogen) atoms. The third-order valence-corrected chi connectivity index (χ3v) is 7.13. The van der Waals surface area contributed by atoms with Crippen LogP contribution < -0.4 is 27.4 Å². The molecule has 3 rings (SSSR count). The molecular weight excluding hydrogens is 538 g/mol. The standard InChI is InChI=1S/C26H37N7O8/c1-14(30-21(36)11-27)24(39)29-12-22(37)33-13-17(35)10-20(33)26(41)32-8-2-3-19(32)25(40)31-18(23(28)38)9-15-4-6-16(34)7-5-15/h4-7,14,17-20,34-35H,2-3,8-13,27H2,1H3,(H2,28,38)(H,29,39)(H,30,36)(H,31,40)/t14-,17-,18-,19-,20-/m1/s1. The van der Waals surface area contributed by atoms with Crippen LogP contribution in [0.25, 0.3) is 0 Å². The first-order chi connectivity index (χ1) is 19.4. The van der Waals surface area contributed by atoms with Crippen LogP contribution in [0.4, 0.5) is 0 Å². The summed E-state index contributed by atoms with van der Waals surface area (Å²) in [6.07, 6.45) is -0.107. The first kappa shape index (κ1) is 31.3. The van der Waals surface area contributed by atoms with Gasteiger partial charge in [-0.3, -0.25) is 28.8 Å². The lowest BCUT2D eigenvalue weighted by atomic mass is 10.0. The number of primary amides is 1. The number of hydrogen-bond donors (Lipinski definition) is 7. The van der Waals surface area contributed by atoms with Gasteiger partial charge in [0.2, 0.25) is 35.4 Å². The maximum Gasteiger partial charge on any atom is 0.246 e. The smallest absolute Gasteiger partial charge is 0.246 e. The van der Waals surface area contributed by atoms with E-state index in [2.05, 4.69) is 16.0 Å². The monoisotopic (exact) mass is 575 g/mol. The molecule has 0 spiro atoms. The van der Waals surface area contributed by atoms with Gasteiger partial charge in [0, 0.05) is 25.9 Å². The molecule has 15 nitrogen and oxygen atoms in total. The van der Waals surface area contributed by atoms with Gasteiger partial charge in [-0.2, -0.15) is 0 Å². The molecule has 2 heterocycles. The number of carbonyl (C=O) groups excluding carboxylic acids is 6. The average Bonchev–Trinajstić information content (AvgIpc) is 3.59. The molecule has 1 aromatic rings. The van der Waals surface area contributed by atoms with Crippen LogP contribution in [0.3, 0.4) is 0 Å². The summed E-state index contributed by atoms with van der Waals surface area (Å²) in [4.78, 5) is 77.9. The zero-order chi connectivity index (χ0) is 30.3. The molecule has 2 aliphatic rings. The van der Waals surface area contributed by atoms with Gasteiger partial charge in [0.15, 0.2) is 0 Å². The Hall–Kier alpha value is -4.24. The highest BCUT2D eigenvalue weighted by molar-refractivity contribution is 5.96. The van der Waals surface area contributed by atoms with E-state index in [-0.39, 0.29) is 38.2 Å². The van der Waals surface area contributed by atoms with Gasteiger partial charge in [-0.25, -0.2) is 0 Å². The summed E-state index contributed by atoms with van der Waals surface area (Å²) in [5.41, 5.74) is 11.4. The Bertz CT molecular complexity index is 1160. The van der Waals surface area contributed by atoms with Gasteiger partial charge in [0.1, 0.15) is 29.9 Å². The van der Waals surface area contributed by atoms with Crippen LogP contribution in [-0.2, 0) is 35.2 Å². The quantitative estimate of drug-likeness (QED) is 0.138. The van der Waals surface area contributed by atoms with Gasteiger partial charge >= 0.3 is 0 Å². The topological polar surface area (TPSA) is 237 Å². The summed E-state index contributed by atoms with van der Waals surface area (Å²) >= 11 is 0. The Morgan fingerprint density at radius 3 is 2.37 bits per heavy atom. The lowest BCUT2D eigenvalue weighted by molar-refractivity contribution is -0.146. The number of carbonyl (C=O) groups is 6. The van der Waals surface area contributed by atoms with Crippen LogP contribution in [0.5, 0.6) is 5.75 Å². The van der Waals surface area contributed by atoms with Crippen LogP contribution >= 0.6 is 0 Å². The van der Waals surface area contributed by atoms with Crippen molar-refractivity contribution in [2.75, 3.05) is 26.2 Å². The Labute approximate surface area is 236 Å². The van der Waals surface area contributed by atoms with Crippen molar-refractivity contribution in [2.24, 2.45) is 11.5 Å². The fourth-order valence-electron chi connectivity index (χ4n) is 4.96. The number of aliphatic hydroxyl groups is 1. The van der Waals surface area contributed by atoms with E-state index in [1.165, 1.54) is 28.9 Å². The Morgan fingerprint density at radius 1 is 1.05 bits per heavy atom. The lowest BCUT2D eigenvalue weighted by Gasteiger charge is -2.31. The SMILES string of the molecule is C[C@@H](NC(=O)CN)C(=O)NCC(=O)N1C[C@H](O)C[C@@H]1C(=O)N1CCC[C@@H]1C(=O)N[C@H](Cc1ccc(O)cc1)C(N)=O. The zero-order valence-corrected chi connectivity index (χ0v) is 22.7. The molecule has 0 bridgehead atoms. The van der Waals surface area contributed by atoms with E-state index >= 15 is 0 Å². The predicted octanol–water partition coefficient (Wildman–Crippen LogP) is -3.56. The third kappa shape index (κ3) is 8.14. The number of nitrogens with two attached hydrogens (primary N) is 2. The zero-order valence-electron chi connectivity index (χ0n) is 22.7. The van der Waals surface area contributed by atoms with Crippen molar-refractivity contribution in [3.05, 3.63) is 29.8 Å². The van der Waals surface area contributed by atoms with Crippen molar-refractivity contribution in [1.29, 1.82) is 0 Å². The van der Waals surface area contributed by atoms with E-state index in [9.17, 15) is 39.0 Å². The summed E-state index contributed by atoms with van der Waals surface area (Å²) in [5.74, 6) is -3.61. The molecule has 15 heteroatoms. The fourth-order valence-corrected chi connectivity index (χ4v) is 4.96. The van der Waals surface area contributed by atoms with Crippen molar-refractivity contribution in [2.45, 2.75) is 62.9 Å². The molecule has 2 aliphatic heterocycles. The second kappa shape index (κ2) is 13.9. The number of phenolic OH excluding ortho intramolecular Hbond substituents is 1. The highest BCUT2D eigenvalue weighted by Crippen LogP contribution is 2.25. The highest BCUT2D eigenvalue weighted by Gasteiger charge is 2.45. The summed E-state index contributed by atoms with van der Waals surface area (Å²) < 4.78 is 0. The predicted molar refractivity (Wildman–Crippen MR) is 143 cm³/mol. The normalized spacial score (nSPS) is 21.6. The van der Waals surface area contributed by atoms with Crippen molar-refractivity contribution in [3.8, 4) is 5.75 Å². The number of nitrogens with one attached hydrogen (secondary N) is 3. The molecule has 0 aliphatic carbocycles. The number of benzene rings is 1. The average molecular weight is 576 g/mol. The molecule has 0 unspecified atom stereocenters. The molecule has 0 saturated carbocycles. The van der Waals surface area contributed by atoms with Crippen LogP contribution in [0, 0.1) is 0 Å². The number of nitrogens with zero attached hydrogens (tertiary/aromatic N) is 2. The first-order valence-electron chi connectivity index (χ1n) is 13.3. The second-order valence-electron chi connectivity index (χ2n) is 10.2. The van der Waals surface area contributed by atoms with E-state index in [1.54, 1.807) is 12.1 Å². The van der Waals surface area contributed by atoms with Gasteiger partial charge in [-0.1, -0.05) is 12.1 Å². The molecule has 224 valence electrons. The lowest BCUT2D eigenvalue weighted by Crippen LogP contribution is -2.56. The van der Waals surface area contributed by atoms with Crippen LogP contribution in [-0.4, -0.2) is 112 Å². The third-order valence-electron chi connectivity index (χ3n) is 7.13.